The Hall–Kier alpha value is -0.940. The highest BCUT2D eigenvalue weighted by Crippen LogP contribution is 2.43. The van der Waals surface area contributed by atoms with Crippen LogP contribution in [0.15, 0.2) is 24.3 Å². The second-order valence-electron chi connectivity index (χ2n) is 4.69. The Morgan fingerprint density at radius 3 is 2.55 bits per heavy atom. The van der Waals surface area contributed by atoms with E-state index >= 15 is 0 Å². The number of benzene rings is 1. The smallest absolute Gasteiger partial charge is 0.309 e. The van der Waals surface area contributed by atoms with Gasteiger partial charge in [0.05, 0.1) is 5.56 Å². The zero-order valence-corrected chi connectivity index (χ0v) is 12.1. The van der Waals surface area contributed by atoms with Gasteiger partial charge in [0.15, 0.2) is 0 Å². The van der Waals surface area contributed by atoms with E-state index in [1.807, 2.05) is 6.92 Å². The zero-order chi connectivity index (χ0) is 15.1. The van der Waals surface area contributed by atoms with E-state index in [9.17, 15) is 18.0 Å². The molecule has 1 atom stereocenters. The zero-order valence-electron chi connectivity index (χ0n) is 10.5. The first-order valence-corrected chi connectivity index (χ1v) is 6.80. The van der Waals surface area contributed by atoms with Crippen molar-refractivity contribution in [3.8, 4) is 0 Å². The van der Waals surface area contributed by atoms with Crippen molar-refractivity contribution in [2.75, 3.05) is 11.4 Å². The molecule has 110 valence electrons. The van der Waals surface area contributed by atoms with Crippen molar-refractivity contribution >= 4 is 34.8 Å². The summed E-state index contributed by atoms with van der Waals surface area (Å²) < 4.78 is 36.5. The molecule has 1 amide bonds. The topological polar surface area (TPSA) is 20.3 Å². The van der Waals surface area contributed by atoms with Crippen LogP contribution in [-0.2, 0) is 11.0 Å². The van der Waals surface area contributed by atoms with E-state index in [0.717, 1.165) is 12.1 Å². The summed E-state index contributed by atoms with van der Waals surface area (Å²) in [6.07, 6.45) is -3.89. The van der Waals surface area contributed by atoms with E-state index in [1.165, 1.54) is 17.0 Å². The van der Waals surface area contributed by atoms with Crippen LogP contribution in [0.4, 0.5) is 18.9 Å². The SMILES string of the molecule is CCC1CN(c2cccc(C(F)(F)F)c2)C(=O)C1(Cl)Cl. The third-order valence-corrected chi connectivity index (χ3v) is 4.36. The van der Waals surface area contributed by atoms with Crippen LogP contribution in [0.1, 0.15) is 18.9 Å². The van der Waals surface area contributed by atoms with Crippen LogP contribution < -0.4 is 4.90 Å². The molecule has 0 radical (unpaired) electrons. The van der Waals surface area contributed by atoms with Crippen molar-refractivity contribution in [3.63, 3.8) is 0 Å². The van der Waals surface area contributed by atoms with Gasteiger partial charge < -0.3 is 4.90 Å². The Labute approximate surface area is 124 Å². The predicted molar refractivity (Wildman–Crippen MR) is 72.0 cm³/mol. The molecule has 20 heavy (non-hydrogen) atoms. The lowest BCUT2D eigenvalue weighted by atomic mass is 10.1. The first-order valence-electron chi connectivity index (χ1n) is 6.05. The quantitative estimate of drug-likeness (QED) is 0.744. The van der Waals surface area contributed by atoms with Crippen molar-refractivity contribution < 1.29 is 18.0 Å². The van der Waals surface area contributed by atoms with Gasteiger partial charge in [-0.1, -0.05) is 36.2 Å². The molecule has 1 heterocycles. The minimum atomic E-state index is -4.46. The van der Waals surface area contributed by atoms with Crippen molar-refractivity contribution in [2.45, 2.75) is 23.9 Å². The van der Waals surface area contributed by atoms with Gasteiger partial charge in [-0.05, 0) is 24.6 Å². The molecule has 0 bridgehead atoms. The molecule has 1 aliphatic heterocycles. The first kappa shape index (κ1) is 15.4. The summed E-state index contributed by atoms with van der Waals surface area (Å²) in [6.45, 7) is 2.04. The van der Waals surface area contributed by atoms with Gasteiger partial charge in [-0.3, -0.25) is 4.79 Å². The van der Waals surface area contributed by atoms with Crippen molar-refractivity contribution in [1.29, 1.82) is 0 Å². The summed E-state index contributed by atoms with van der Waals surface area (Å²) in [6, 6.07) is 4.58. The van der Waals surface area contributed by atoms with Gasteiger partial charge in [-0.25, -0.2) is 0 Å². The van der Waals surface area contributed by atoms with Crippen LogP contribution in [0, 0.1) is 5.92 Å². The molecule has 1 unspecified atom stereocenters. The standard InChI is InChI=1S/C13H12Cl2F3NO/c1-2-8-7-19(11(20)12(8,14)15)10-5-3-4-9(6-10)13(16,17)18/h3-6,8H,2,7H2,1H3. The van der Waals surface area contributed by atoms with E-state index < -0.39 is 22.0 Å². The van der Waals surface area contributed by atoms with Crippen LogP contribution in [0.25, 0.3) is 0 Å². The number of nitrogens with zero attached hydrogens (tertiary/aromatic N) is 1. The molecule has 1 fully saturated rings. The number of anilines is 1. The fraction of sp³-hybridized carbons (Fsp3) is 0.462. The number of alkyl halides is 5. The van der Waals surface area contributed by atoms with Gasteiger partial charge >= 0.3 is 6.18 Å². The number of rotatable bonds is 2. The average Bonchev–Trinajstić information content (AvgIpc) is 2.60. The van der Waals surface area contributed by atoms with E-state index in [4.69, 9.17) is 23.2 Å². The molecule has 2 nitrogen and oxygen atoms in total. The number of carbonyl (C=O) groups excluding carboxylic acids is 1. The van der Waals surface area contributed by atoms with Crippen LogP contribution >= 0.6 is 23.2 Å². The number of amides is 1. The Balaban J connectivity index is 2.36. The molecule has 1 aromatic rings. The van der Waals surface area contributed by atoms with Crippen LogP contribution in [-0.4, -0.2) is 16.8 Å². The second kappa shape index (κ2) is 5.11. The highest BCUT2D eigenvalue weighted by Gasteiger charge is 2.51. The maximum atomic E-state index is 12.7. The second-order valence-corrected chi connectivity index (χ2v) is 6.08. The molecule has 1 aromatic carbocycles. The van der Waals surface area contributed by atoms with E-state index in [-0.39, 0.29) is 18.2 Å². The number of hydrogen-bond acceptors (Lipinski definition) is 1. The molecule has 0 spiro atoms. The largest absolute Gasteiger partial charge is 0.416 e. The molecule has 0 aliphatic carbocycles. The van der Waals surface area contributed by atoms with Gasteiger partial charge in [-0.15, -0.1) is 0 Å². The molecule has 1 saturated heterocycles. The lowest BCUT2D eigenvalue weighted by Crippen LogP contribution is -2.33. The highest BCUT2D eigenvalue weighted by molar-refractivity contribution is 6.60. The first-order chi connectivity index (χ1) is 9.17. The fourth-order valence-corrected chi connectivity index (χ4v) is 2.88. The molecule has 2 rings (SSSR count). The van der Waals surface area contributed by atoms with Gasteiger partial charge in [0.1, 0.15) is 0 Å². The lowest BCUT2D eigenvalue weighted by molar-refractivity contribution is -0.137. The van der Waals surface area contributed by atoms with E-state index in [0.29, 0.717) is 6.42 Å². The summed E-state index contributed by atoms with van der Waals surface area (Å²) >= 11 is 12.0. The molecule has 0 saturated carbocycles. The van der Waals surface area contributed by atoms with Crippen LogP contribution in [0.3, 0.4) is 0 Å². The third-order valence-electron chi connectivity index (χ3n) is 3.42. The maximum Gasteiger partial charge on any atom is 0.416 e. The molecular formula is C13H12Cl2F3NO. The Kier molecular flexibility index (Phi) is 3.95. The van der Waals surface area contributed by atoms with Crippen molar-refractivity contribution in [1.82, 2.24) is 0 Å². The summed E-state index contributed by atoms with van der Waals surface area (Å²) in [5, 5.41) is 0. The Morgan fingerprint density at radius 1 is 1.40 bits per heavy atom. The summed E-state index contributed by atoms with van der Waals surface area (Å²) in [7, 11) is 0. The molecular weight excluding hydrogens is 314 g/mol. The Bertz CT molecular complexity index is 531. The summed E-state index contributed by atoms with van der Waals surface area (Å²) in [5.41, 5.74) is -0.649. The molecule has 7 heteroatoms. The number of carbonyl (C=O) groups is 1. The van der Waals surface area contributed by atoms with Crippen LogP contribution in [0.2, 0.25) is 0 Å². The lowest BCUT2D eigenvalue weighted by Gasteiger charge is -2.18. The third kappa shape index (κ3) is 2.61. The molecule has 0 N–H and O–H groups in total. The molecule has 0 aromatic heterocycles. The Morgan fingerprint density at radius 2 is 2.05 bits per heavy atom. The van der Waals surface area contributed by atoms with Crippen molar-refractivity contribution in [2.24, 2.45) is 5.92 Å². The molecule has 1 aliphatic rings. The van der Waals surface area contributed by atoms with Gasteiger partial charge in [0, 0.05) is 18.2 Å². The van der Waals surface area contributed by atoms with Gasteiger partial charge in [-0.2, -0.15) is 13.2 Å². The minimum absolute atomic E-state index is 0.159. The number of halogens is 5. The summed E-state index contributed by atoms with van der Waals surface area (Å²) in [4.78, 5) is 13.4. The highest BCUT2D eigenvalue weighted by atomic mass is 35.5. The normalized spacial score (nSPS) is 22.4. The van der Waals surface area contributed by atoms with E-state index in [2.05, 4.69) is 0 Å². The summed E-state index contributed by atoms with van der Waals surface area (Å²) in [5.74, 6) is -0.889. The van der Waals surface area contributed by atoms with Crippen LogP contribution in [0.5, 0.6) is 0 Å². The van der Waals surface area contributed by atoms with Gasteiger partial charge in [0.2, 0.25) is 4.33 Å². The van der Waals surface area contributed by atoms with Crippen molar-refractivity contribution in [3.05, 3.63) is 29.8 Å². The van der Waals surface area contributed by atoms with Gasteiger partial charge in [0.25, 0.3) is 5.91 Å². The van der Waals surface area contributed by atoms with E-state index in [1.54, 1.807) is 0 Å². The fourth-order valence-electron chi connectivity index (χ4n) is 2.23. The minimum Gasteiger partial charge on any atom is -0.309 e. The average molecular weight is 326 g/mol. The number of hydrogen-bond donors (Lipinski definition) is 0. The predicted octanol–water partition coefficient (Wildman–Crippen LogP) is 4.25. The maximum absolute atomic E-state index is 12.7. The monoisotopic (exact) mass is 325 g/mol.